The van der Waals surface area contributed by atoms with Gasteiger partial charge in [0.2, 0.25) is 0 Å². The summed E-state index contributed by atoms with van der Waals surface area (Å²) in [4.78, 5) is 33.2. The molecular formula is C29H32N2O4. The molecule has 2 aromatic heterocycles. The molecule has 6 heteroatoms. The molecule has 6 nitrogen and oxygen atoms in total. The lowest BCUT2D eigenvalue weighted by Crippen LogP contribution is -2.27. The van der Waals surface area contributed by atoms with E-state index in [0.717, 1.165) is 27.5 Å². The van der Waals surface area contributed by atoms with E-state index in [4.69, 9.17) is 4.74 Å². The van der Waals surface area contributed by atoms with Crippen molar-refractivity contribution in [2.75, 3.05) is 0 Å². The second-order valence-electron chi connectivity index (χ2n) is 11.0. The van der Waals surface area contributed by atoms with Crippen LogP contribution in [0.3, 0.4) is 0 Å². The topological polar surface area (TPSA) is 92.3 Å². The molecule has 0 amide bonds. The van der Waals surface area contributed by atoms with Gasteiger partial charge in [0.25, 0.3) is 0 Å². The van der Waals surface area contributed by atoms with Crippen LogP contribution in [0.25, 0.3) is 21.8 Å². The van der Waals surface area contributed by atoms with Crippen LogP contribution >= 0.6 is 0 Å². The number of nitrogens with one attached hydrogen (secondary N) is 1. The summed E-state index contributed by atoms with van der Waals surface area (Å²) in [5, 5.41) is 11.5. The quantitative estimate of drug-likeness (QED) is 0.283. The number of aromatic amines is 1. The maximum absolute atomic E-state index is 13.4. The molecule has 0 unspecified atom stereocenters. The average molecular weight is 473 g/mol. The minimum Gasteiger partial charge on any atom is -0.487 e. The Bertz CT molecular complexity index is 1410. The van der Waals surface area contributed by atoms with E-state index in [0.29, 0.717) is 30.0 Å². The van der Waals surface area contributed by atoms with E-state index >= 15 is 0 Å². The van der Waals surface area contributed by atoms with Crippen LogP contribution in [0.1, 0.15) is 62.8 Å². The highest BCUT2D eigenvalue weighted by Gasteiger charge is 2.32. The van der Waals surface area contributed by atoms with Crippen LogP contribution in [-0.2, 0) is 17.8 Å². The second-order valence-corrected chi connectivity index (χ2v) is 11.0. The molecule has 0 radical (unpaired) electrons. The number of carboxylic acids is 1. The molecule has 182 valence electrons. The molecule has 2 aromatic carbocycles. The summed E-state index contributed by atoms with van der Waals surface area (Å²) >= 11 is 0. The number of benzene rings is 2. The van der Waals surface area contributed by atoms with Crippen molar-refractivity contribution in [2.24, 2.45) is 10.8 Å². The Morgan fingerprint density at radius 1 is 1.00 bits per heavy atom. The number of carboxylic acid groups (broad SMARTS) is 1. The third kappa shape index (κ3) is 5.53. The maximum Gasteiger partial charge on any atom is 0.309 e. The number of Topliss-reactive ketones (excluding diaryl/α,β-unsaturated/α-hetero) is 1. The van der Waals surface area contributed by atoms with Crippen LogP contribution < -0.4 is 4.74 Å². The maximum atomic E-state index is 13.4. The number of pyridine rings is 1. The van der Waals surface area contributed by atoms with Crippen molar-refractivity contribution >= 4 is 33.6 Å². The molecule has 0 saturated heterocycles. The van der Waals surface area contributed by atoms with Crippen LogP contribution in [0.2, 0.25) is 0 Å². The van der Waals surface area contributed by atoms with Gasteiger partial charge in [0.05, 0.1) is 16.6 Å². The predicted octanol–water partition coefficient (Wildman–Crippen LogP) is 6.57. The normalized spacial score (nSPS) is 12.3. The Hall–Kier alpha value is -3.67. The monoisotopic (exact) mass is 472 g/mol. The molecule has 0 fully saturated rings. The minimum absolute atomic E-state index is 0.00622. The number of ether oxygens (including phenoxy) is 1. The van der Waals surface area contributed by atoms with Crippen LogP contribution in [-0.4, -0.2) is 26.8 Å². The molecule has 0 bridgehead atoms. The van der Waals surface area contributed by atoms with Crippen molar-refractivity contribution in [1.82, 2.24) is 9.97 Å². The lowest BCUT2D eigenvalue weighted by molar-refractivity contribution is -0.146. The number of aliphatic carboxylic acids is 1. The van der Waals surface area contributed by atoms with E-state index in [2.05, 4.69) is 9.97 Å². The highest BCUT2D eigenvalue weighted by atomic mass is 16.5. The van der Waals surface area contributed by atoms with Gasteiger partial charge in [0.1, 0.15) is 12.4 Å². The summed E-state index contributed by atoms with van der Waals surface area (Å²) in [6.07, 6.45) is 0.575. The van der Waals surface area contributed by atoms with Crippen molar-refractivity contribution < 1.29 is 19.4 Å². The van der Waals surface area contributed by atoms with E-state index in [1.54, 1.807) is 13.8 Å². The number of para-hydroxylation sites is 1. The number of rotatable bonds is 8. The van der Waals surface area contributed by atoms with E-state index in [-0.39, 0.29) is 17.6 Å². The summed E-state index contributed by atoms with van der Waals surface area (Å²) in [6.45, 7) is 9.70. The lowest BCUT2D eigenvalue weighted by Gasteiger charge is -2.20. The molecule has 4 rings (SSSR count). The first-order valence-corrected chi connectivity index (χ1v) is 11.8. The molecule has 0 aliphatic carbocycles. The first-order chi connectivity index (χ1) is 16.4. The number of hydrogen-bond acceptors (Lipinski definition) is 4. The summed E-state index contributed by atoms with van der Waals surface area (Å²) in [7, 11) is 0. The molecule has 2 heterocycles. The number of carbonyl (C=O) groups is 2. The van der Waals surface area contributed by atoms with Gasteiger partial charge in [-0.3, -0.25) is 9.59 Å². The van der Waals surface area contributed by atoms with Crippen LogP contribution in [0.4, 0.5) is 0 Å². The first-order valence-electron chi connectivity index (χ1n) is 11.8. The van der Waals surface area contributed by atoms with Gasteiger partial charge in [-0.1, -0.05) is 45.0 Å². The standard InChI is InChI=1S/C29H32N2O4/c1-28(2,3)16-25(32)26-21-14-20(12-13-23(21)31-24(26)15-29(4,5)27(33)34)35-17-19-11-10-18-8-6-7-9-22(18)30-19/h6-14,31H,15-17H2,1-5H3,(H,33,34). The van der Waals surface area contributed by atoms with Crippen molar-refractivity contribution in [2.45, 2.75) is 54.1 Å². The zero-order chi connectivity index (χ0) is 25.4. The fraction of sp³-hybridized carbons (Fsp3) is 0.345. The van der Waals surface area contributed by atoms with Gasteiger partial charge in [-0.25, -0.2) is 4.98 Å². The molecule has 0 saturated carbocycles. The number of nitrogens with zero attached hydrogens (tertiary/aromatic N) is 1. The summed E-state index contributed by atoms with van der Waals surface area (Å²) in [5.41, 5.74) is 2.50. The molecule has 0 atom stereocenters. The summed E-state index contributed by atoms with van der Waals surface area (Å²) in [5.74, 6) is -0.286. The molecule has 0 aliphatic heterocycles. The number of hydrogen-bond donors (Lipinski definition) is 2. The Kier molecular flexibility index (Phi) is 6.41. The largest absolute Gasteiger partial charge is 0.487 e. The fourth-order valence-electron chi connectivity index (χ4n) is 4.20. The molecular weight excluding hydrogens is 440 g/mol. The zero-order valence-electron chi connectivity index (χ0n) is 20.9. The molecule has 35 heavy (non-hydrogen) atoms. The number of carbonyl (C=O) groups excluding carboxylic acids is 1. The Morgan fingerprint density at radius 2 is 1.74 bits per heavy atom. The smallest absolute Gasteiger partial charge is 0.309 e. The van der Waals surface area contributed by atoms with E-state index < -0.39 is 11.4 Å². The lowest BCUT2D eigenvalue weighted by atomic mass is 9.83. The Balaban J connectivity index is 1.67. The van der Waals surface area contributed by atoms with Crippen molar-refractivity contribution in [3.63, 3.8) is 0 Å². The Morgan fingerprint density at radius 3 is 2.46 bits per heavy atom. The van der Waals surface area contributed by atoms with Crippen molar-refractivity contribution in [3.05, 3.63) is 71.5 Å². The van der Waals surface area contributed by atoms with Gasteiger partial charge in [0, 0.05) is 40.4 Å². The van der Waals surface area contributed by atoms with Gasteiger partial charge < -0.3 is 14.8 Å². The third-order valence-corrected chi connectivity index (χ3v) is 6.06. The summed E-state index contributed by atoms with van der Waals surface area (Å²) < 4.78 is 6.05. The van der Waals surface area contributed by atoms with Crippen LogP contribution in [0.5, 0.6) is 5.75 Å². The fourth-order valence-corrected chi connectivity index (χ4v) is 4.20. The molecule has 2 N–H and O–H groups in total. The number of aromatic nitrogens is 2. The van der Waals surface area contributed by atoms with Gasteiger partial charge in [-0.2, -0.15) is 0 Å². The number of ketones is 1. The number of H-pyrrole nitrogens is 1. The highest BCUT2D eigenvalue weighted by Crippen LogP contribution is 2.34. The van der Waals surface area contributed by atoms with E-state index in [1.165, 1.54) is 0 Å². The predicted molar refractivity (Wildman–Crippen MR) is 138 cm³/mol. The van der Waals surface area contributed by atoms with Gasteiger partial charge in [-0.05, 0) is 49.6 Å². The Labute approximate surface area is 205 Å². The second kappa shape index (κ2) is 9.17. The SMILES string of the molecule is CC(C)(C)CC(=O)c1c(CC(C)(C)C(=O)O)[nH]c2ccc(OCc3ccc4ccccc4n3)cc12. The first kappa shape index (κ1) is 24.5. The third-order valence-electron chi connectivity index (χ3n) is 6.06. The van der Waals surface area contributed by atoms with Gasteiger partial charge in [-0.15, -0.1) is 0 Å². The van der Waals surface area contributed by atoms with Gasteiger partial charge >= 0.3 is 5.97 Å². The van der Waals surface area contributed by atoms with Crippen LogP contribution in [0.15, 0.2) is 54.6 Å². The van der Waals surface area contributed by atoms with Gasteiger partial charge in [0.15, 0.2) is 5.78 Å². The van der Waals surface area contributed by atoms with Crippen molar-refractivity contribution in [1.29, 1.82) is 0 Å². The van der Waals surface area contributed by atoms with E-state index in [9.17, 15) is 14.7 Å². The molecule has 4 aromatic rings. The van der Waals surface area contributed by atoms with Crippen LogP contribution in [0, 0.1) is 10.8 Å². The average Bonchev–Trinajstić information content (AvgIpc) is 3.12. The van der Waals surface area contributed by atoms with E-state index in [1.807, 2.05) is 75.4 Å². The molecule has 0 spiro atoms. The highest BCUT2D eigenvalue weighted by molar-refractivity contribution is 6.10. The zero-order valence-corrected chi connectivity index (χ0v) is 20.9. The molecule has 0 aliphatic rings. The van der Waals surface area contributed by atoms with Crippen molar-refractivity contribution in [3.8, 4) is 5.75 Å². The minimum atomic E-state index is -1.02. The summed E-state index contributed by atoms with van der Waals surface area (Å²) in [6, 6.07) is 17.5. The number of fused-ring (bicyclic) bond motifs is 2.